The van der Waals surface area contributed by atoms with Gasteiger partial charge in [0.15, 0.2) is 11.5 Å². The lowest BCUT2D eigenvalue weighted by Gasteiger charge is -2.21. The van der Waals surface area contributed by atoms with E-state index in [0.29, 0.717) is 47.5 Å². The second-order valence-electron chi connectivity index (χ2n) is 6.51. The van der Waals surface area contributed by atoms with Gasteiger partial charge in [-0.2, -0.15) is 0 Å². The molecule has 0 unspecified atom stereocenters. The van der Waals surface area contributed by atoms with Crippen molar-refractivity contribution in [2.45, 2.75) is 0 Å². The van der Waals surface area contributed by atoms with Crippen LogP contribution in [0.1, 0.15) is 0 Å². The third-order valence-corrected chi connectivity index (χ3v) is 4.76. The van der Waals surface area contributed by atoms with Crippen molar-refractivity contribution < 1.29 is 28.5 Å². The monoisotopic (exact) mass is 399 g/mol. The second-order valence-corrected chi connectivity index (χ2v) is 6.51. The van der Waals surface area contributed by atoms with Crippen molar-refractivity contribution in [2.24, 2.45) is 0 Å². The van der Waals surface area contributed by atoms with E-state index >= 15 is 0 Å². The highest BCUT2D eigenvalue weighted by molar-refractivity contribution is 6.00. The highest BCUT2D eigenvalue weighted by atomic mass is 16.7. The zero-order valence-electron chi connectivity index (χ0n) is 16.1. The van der Waals surface area contributed by atoms with E-state index < -0.39 is 0 Å². The van der Waals surface area contributed by atoms with Crippen LogP contribution in [0.15, 0.2) is 36.4 Å². The molecule has 3 amide bonds. The number of ether oxygens (including phenoxy) is 4. The number of hydrogen-bond donors (Lipinski definition) is 1. The van der Waals surface area contributed by atoms with E-state index in [1.807, 2.05) is 0 Å². The van der Waals surface area contributed by atoms with E-state index in [1.165, 1.54) is 4.90 Å². The van der Waals surface area contributed by atoms with Gasteiger partial charge in [-0.05, 0) is 24.3 Å². The maximum absolute atomic E-state index is 12.9. The predicted octanol–water partition coefficient (Wildman–Crippen LogP) is 2.31. The van der Waals surface area contributed by atoms with Crippen LogP contribution in [-0.2, 0) is 4.79 Å². The minimum atomic E-state index is -0.295. The van der Waals surface area contributed by atoms with Crippen molar-refractivity contribution in [3.63, 3.8) is 0 Å². The Morgan fingerprint density at radius 2 is 1.90 bits per heavy atom. The summed E-state index contributed by atoms with van der Waals surface area (Å²) >= 11 is 0. The lowest BCUT2D eigenvalue weighted by Crippen LogP contribution is -2.37. The summed E-state index contributed by atoms with van der Waals surface area (Å²) in [7, 11) is 3.10. The average molecular weight is 399 g/mol. The number of anilines is 2. The summed E-state index contributed by atoms with van der Waals surface area (Å²) in [5.74, 6) is 2.10. The van der Waals surface area contributed by atoms with Gasteiger partial charge in [0, 0.05) is 30.9 Å². The molecule has 29 heavy (non-hydrogen) atoms. The SMILES string of the molecule is COc1ccc(OC)c(N2CCN(CC(=O)Nc3ccc4c(c3)OCO4)C2=O)c1. The lowest BCUT2D eigenvalue weighted by molar-refractivity contribution is -0.116. The van der Waals surface area contributed by atoms with E-state index in [-0.39, 0.29) is 25.3 Å². The van der Waals surface area contributed by atoms with Crippen LogP contribution < -0.4 is 29.2 Å². The molecule has 2 heterocycles. The number of nitrogens with one attached hydrogen (secondary N) is 1. The predicted molar refractivity (Wildman–Crippen MR) is 105 cm³/mol. The van der Waals surface area contributed by atoms with Crippen LogP contribution in [0.5, 0.6) is 23.0 Å². The van der Waals surface area contributed by atoms with Crippen molar-refractivity contribution in [3.8, 4) is 23.0 Å². The van der Waals surface area contributed by atoms with Gasteiger partial charge in [-0.15, -0.1) is 0 Å². The van der Waals surface area contributed by atoms with Crippen molar-refractivity contribution >= 4 is 23.3 Å². The van der Waals surface area contributed by atoms with Gasteiger partial charge in [-0.1, -0.05) is 0 Å². The maximum atomic E-state index is 12.9. The molecule has 0 aromatic heterocycles. The third-order valence-electron chi connectivity index (χ3n) is 4.76. The summed E-state index contributed by atoms with van der Waals surface area (Å²) in [6.45, 7) is 0.974. The number of urea groups is 1. The van der Waals surface area contributed by atoms with Gasteiger partial charge in [0.2, 0.25) is 12.7 Å². The van der Waals surface area contributed by atoms with Gasteiger partial charge in [0.05, 0.1) is 19.9 Å². The summed E-state index contributed by atoms with van der Waals surface area (Å²) < 4.78 is 21.2. The van der Waals surface area contributed by atoms with Gasteiger partial charge < -0.3 is 29.2 Å². The van der Waals surface area contributed by atoms with E-state index in [1.54, 1.807) is 55.5 Å². The molecule has 9 nitrogen and oxygen atoms in total. The van der Waals surface area contributed by atoms with Crippen LogP contribution in [0.2, 0.25) is 0 Å². The van der Waals surface area contributed by atoms with Crippen molar-refractivity contribution in [2.75, 3.05) is 50.9 Å². The summed E-state index contributed by atoms with van der Waals surface area (Å²) in [6, 6.07) is 10.1. The first-order chi connectivity index (χ1) is 14.1. The van der Waals surface area contributed by atoms with E-state index in [4.69, 9.17) is 18.9 Å². The molecular weight excluding hydrogens is 378 g/mol. The molecule has 0 radical (unpaired) electrons. The Morgan fingerprint density at radius 1 is 1.07 bits per heavy atom. The molecule has 1 N–H and O–H groups in total. The van der Waals surface area contributed by atoms with Gasteiger partial charge in [0.1, 0.15) is 18.0 Å². The minimum Gasteiger partial charge on any atom is -0.497 e. The van der Waals surface area contributed by atoms with Crippen molar-refractivity contribution in [1.82, 2.24) is 4.90 Å². The highest BCUT2D eigenvalue weighted by Gasteiger charge is 2.32. The molecule has 2 aromatic rings. The largest absolute Gasteiger partial charge is 0.497 e. The zero-order chi connectivity index (χ0) is 20.4. The Balaban J connectivity index is 1.42. The molecule has 0 aliphatic carbocycles. The zero-order valence-corrected chi connectivity index (χ0v) is 16.1. The van der Waals surface area contributed by atoms with Crippen molar-refractivity contribution in [1.29, 1.82) is 0 Å². The molecule has 152 valence electrons. The molecular formula is C20H21N3O6. The summed E-state index contributed by atoms with van der Waals surface area (Å²) in [4.78, 5) is 28.4. The number of carbonyl (C=O) groups is 2. The summed E-state index contributed by atoms with van der Waals surface area (Å²) in [5, 5.41) is 2.78. The average Bonchev–Trinajstić information content (AvgIpc) is 3.34. The number of carbonyl (C=O) groups excluding carboxylic acids is 2. The number of nitrogens with zero attached hydrogens (tertiary/aromatic N) is 2. The Bertz CT molecular complexity index is 948. The van der Waals surface area contributed by atoms with Crippen LogP contribution in [0.3, 0.4) is 0 Å². The first-order valence-electron chi connectivity index (χ1n) is 9.07. The van der Waals surface area contributed by atoms with Crippen LogP contribution >= 0.6 is 0 Å². The first kappa shape index (κ1) is 18.7. The molecule has 0 saturated carbocycles. The van der Waals surface area contributed by atoms with E-state index in [2.05, 4.69) is 5.32 Å². The fraction of sp³-hybridized carbons (Fsp3) is 0.300. The quantitative estimate of drug-likeness (QED) is 0.802. The standard InChI is InChI=1S/C20H21N3O6/c1-26-14-4-6-16(27-2)15(10-14)23-8-7-22(20(23)25)11-19(24)21-13-3-5-17-18(9-13)29-12-28-17/h3-6,9-10H,7-8,11-12H2,1-2H3,(H,21,24). The molecule has 2 aliphatic heterocycles. The Hall–Kier alpha value is -3.62. The fourth-order valence-corrected chi connectivity index (χ4v) is 3.31. The van der Waals surface area contributed by atoms with Gasteiger partial charge in [-0.25, -0.2) is 4.79 Å². The first-order valence-corrected chi connectivity index (χ1v) is 9.07. The number of fused-ring (bicyclic) bond motifs is 1. The number of benzene rings is 2. The van der Waals surface area contributed by atoms with Crippen LogP contribution in [-0.4, -0.2) is 57.5 Å². The second kappa shape index (κ2) is 7.78. The normalized spacial score (nSPS) is 14.9. The third kappa shape index (κ3) is 3.71. The maximum Gasteiger partial charge on any atom is 0.325 e. The van der Waals surface area contributed by atoms with Crippen LogP contribution in [0, 0.1) is 0 Å². The molecule has 9 heteroatoms. The topological polar surface area (TPSA) is 89.6 Å². The number of amides is 3. The van der Waals surface area contributed by atoms with E-state index in [9.17, 15) is 9.59 Å². The smallest absolute Gasteiger partial charge is 0.325 e. The van der Waals surface area contributed by atoms with Crippen molar-refractivity contribution in [3.05, 3.63) is 36.4 Å². The Kier molecular flexibility index (Phi) is 5.03. The number of rotatable bonds is 6. The number of methoxy groups -OCH3 is 2. The summed E-state index contributed by atoms with van der Waals surface area (Å²) in [5.41, 5.74) is 1.19. The molecule has 2 aromatic carbocycles. The highest BCUT2D eigenvalue weighted by Crippen LogP contribution is 2.35. The Morgan fingerprint density at radius 3 is 2.69 bits per heavy atom. The van der Waals surface area contributed by atoms with Gasteiger partial charge in [-0.3, -0.25) is 9.69 Å². The molecule has 0 bridgehead atoms. The molecule has 1 fully saturated rings. The molecule has 0 atom stereocenters. The number of hydrogen-bond acceptors (Lipinski definition) is 6. The summed E-state index contributed by atoms with van der Waals surface area (Å²) in [6.07, 6.45) is 0. The fourth-order valence-electron chi connectivity index (χ4n) is 3.31. The van der Waals surface area contributed by atoms with Gasteiger partial charge >= 0.3 is 6.03 Å². The minimum absolute atomic E-state index is 0.0595. The molecule has 2 aliphatic rings. The molecule has 4 rings (SSSR count). The van der Waals surface area contributed by atoms with Crippen LogP contribution in [0.4, 0.5) is 16.2 Å². The lowest BCUT2D eigenvalue weighted by atomic mass is 10.2. The molecule has 0 spiro atoms. The molecule has 1 saturated heterocycles. The van der Waals surface area contributed by atoms with Crippen LogP contribution in [0.25, 0.3) is 0 Å². The van der Waals surface area contributed by atoms with E-state index in [0.717, 1.165) is 0 Å². The Labute approximate surface area is 167 Å². The van der Waals surface area contributed by atoms with Gasteiger partial charge in [0.25, 0.3) is 0 Å².